The maximum absolute atomic E-state index is 4.60. The van der Waals surface area contributed by atoms with E-state index in [1.807, 2.05) is 24.4 Å². The lowest BCUT2D eigenvalue weighted by Crippen LogP contribution is -2.38. The molecular weight excluding hydrogens is 425 g/mol. The molecular formula is C19H34IN5. The van der Waals surface area contributed by atoms with E-state index in [-0.39, 0.29) is 24.0 Å². The van der Waals surface area contributed by atoms with E-state index in [1.165, 1.54) is 45.3 Å². The molecule has 0 amide bonds. The van der Waals surface area contributed by atoms with Crippen LogP contribution < -0.4 is 10.6 Å². The Labute approximate surface area is 170 Å². The summed E-state index contributed by atoms with van der Waals surface area (Å²) in [5.74, 6) is 1.80. The standard InChI is InChI=1S/C19H33N5.HI/c1-3-20-19(23-16-18-8-4-5-11-21-18)22-12-6-7-13-24-14-9-17(2)10-15-24;/h4-5,8,11,17H,3,6-7,9-10,12-16H2,1-2H3,(H2,20,22,23);1H. The third-order valence-electron chi connectivity index (χ3n) is 4.54. The van der Waals surface area contributed by atoms with Crippen molar-refractivity contribution in [3.63, 3.8) is 0 Å². The van der Waals surface area contributed by atoms with Crippen molar-refractivity contribution < 1.29 is 0 Å². The van der Waals surface area contributed by atoms with Gasteiger partial charge in [-0.3, -0.25) is 4.98 Å². The quantitative estimate of drug-likeness (QED) is 0.271. The van der Waals surface area contributed by atoms with E-state index in [0.29, 0.717) is 6.54 Å². The number of likely N-dealkylation sites (tertiary alicyclic amines) is 1. The van der Waals surface area contributed by atoms with Gasteiger partial charge in [0.15, 0.2) is 5.96 Å². The van der Waals surface area contributed by atoms with E-state index >= 15 is 0 Å². The van der Waals surface area contributed by atoms with E-state index < -0.39 is 0 Å². The molecule has 1 aromatic heterocycles. The van der Waals surface area contributed by atoms with Crippen LogP contribution in [0.5, 0.6) is 0 Å². The average Bonchev–Trinajstić information content (AvgIpc) is 2.62. The predicted molar refractivity (Wildman–Crippen MR) is 117 cm³/mol. The Morgan fingerprint density at radius 2 is 2.04 bits per heavy atom. The molecule has 0 aliphatic carbocycles. The third kappa shape index (κ3) is 9.39. The molecule has 6 heteroatoms. The molecule has 2 N–H and O–H groups in total. The van der Waals surface area contributed by atoms with E-state index in [2.05, 4.69) is 39.4 Å². The molecule has 25 heavy (non-hydrogen) atoms. The van der Waals surface area contributed by atoms with Crippen LogP contribution in [0.25, 0.3) is 0 Å². The van der Waals surface area contributed by atoms with Crippen LogP contribution in [0, 0.1) is 5.92 Å². The van der Waals surface area contributed by atoms with Crippen LogP contribution in [0.15, 0.2) is 29.4 Å². The van der Waals surface area contributed by atoms with Gasteiger partial charge in [0.1, 0.15) is 0 Å². The number of pyridine rings is 1. The van der Waals surface area contributed by atoms with Gasteiger partial charge in [0, 0.05) is 19.3 Å². The van der Waals surface area contributed by atoms with Crippen LogP contribution in [-0.2, 0) is 6.54 Å². The first-order valence-corrected chi connectivity index (χ1v) is 9.42. The Bertz CT molecular complexity index is 472. The minimum Gasteiger partial charge on any atom is -0.357 e. The van der Waals surface area contributed by atoms with Crippen LogP contribution in [0.3, 0.4) is 0 Å². The first-order chi connectivity index (χ1) is 11.8. The predicted octanol–water partition coefficient (Wildman–Crippen LogP) is 3.27. The van der Waals surface area contributed by atoms with Gasteiger partial charge < -0.3 is 15.5 Å². The molecule has 5 nitrogen and oxygen atoms in total. The van der Waals surface area contributed by atoms with Gasteiger partial charge in [-0.1, -0.05) is 13.0 Å². The highest BCUT2D eigenvalue weighted by atomic mass is 127. The van der Waals surface area contributed by atoms with E-state index in [9.17, 15) is 0 Å². The van der Waals surface area contributed by atoms with Crippen molar-refractivity contribution in [1.29, 1.82) is 0 Å². The number of rotatable bonds is 8. The summed E-state index contributed by atoms with van der Waals surface area (Å²) in [6.45, 7) is 10.7. The molecule has 1 fully saturated rings. The smallest absolute Gasteiger partial charge is 0.191 e. The Morgan fingerprint density at radius 3 is 2.72 bits per heavy atom. The molecule has 0 bridgehead atoms. The summed E-state index contributed by atoms with van der Waals surface area (Å²) in [5.41, 5.74) is 0.994. The SMILES string of the molecule is CCNC(=NCc1ccccn1)NCCCCN1CCC(C)CC1.I. The highest BCUT2D eigenvalue weighted by molar-refractivity contribution is 14.0. The number of aromatic nitrogens is 1. The molecule has 1 aliphatic heterocycles. The van der Waals surface area contributed by atoms with Gasteiger partial charge in [0.25, 0.3) is 0 Å². The van der Waals surface area contributed by atoms with Crippen molar-refractivity contribution in [3.05, 3.63) is 30.1 Å². The maximum Gasteiger partial charge on any atom is 0.191 e. The number of hydrogen-bond donors (Lipinski definition) is 2. The second-order valence-corrected chi connectivity index (χ2v) is 6.67. The van der Waals surface area contributed by atoms with Crippen molar-refractivity contribution >= 4 is 29.9 Å². The third-order valence-corrected chi connectivity index (χ3v) is 4.54. The Kier molecular flexibility index (Phi) is 11.8. The summed E-state index contributed by atoms with van der Waals surface area (Å²) in [6, 6.07) is 5.94. The highest BCUT2D eigenvalue weighted by Crippen LogP contribution is 2.15. The zero-order chi connectivity index (χ0) is 17.0. The van der Waals surface area contributed by atoms with Crippen LogP contribution in [-0.4, -0.2) is 48.6 Å². The molecule has 0 atom stereocenters. The number of aliphatic imine (C=N–C) groups is 1. The number of halogens is 1. The minimum atomic E-state index is 0. The lowest BCUT2D eigenvalue weighted by Gasteiger charge is -2.30. The summed E-state index contributed by atoms with van der Waals surface area (Å²) in [6.07, 6.45) is 6.97. The largest absolute Gasteiger partial charge is 0.357 e. The number of guanidine groups is 1. The van der Waals surface area contributed by atoms with Gasteiger partial charge in [-0.15, -0.1) is 24.0 Å². The molecule has 2 heterocycles. The van der Waals surface area contributed by atoms with Gasteiger partial charge >= 0.3 is 0 Å². The molecule has 1 aliphatic rings. The van der Waals surface area contributed by atoms with Gasteiger partial charge in [0.05, 0.1) is 12.2 Å². The Morgan fingerprint density at radius 1 is 1.24 bits per heavy atom. The topological polar surface area (TPSA) is 52.6 Å². The van der Waals surface area contributed by atoms with Gasteiger partial charge in [-0.25, -0.2) is 4.99 Å². The second-order valence-electron chi connectivity index (χ2n) is 6.67. The average molecular weight is 459 g/mol. The highest BCUT2D eigenvalue weighted by Gasteiger charge is 2.14. The van der Waals surface area contributed by atoms with Crippen LogP contribution in [0.1, 0.15) is 45.2 Å². The van der Waals surface area contributed by atoms with E-state index in [0.717, 1.165) is 30.7 Å². The van der Waals surface area contributed by atoms with Crippen LogP contribution in [0.4, 0.5) is 0 Å². The van der Waals surface area contributed by atoms with Crippen molar-refractivity contribution in [2.45, 2.75) is 46.1 Å². The first kappa shape index (κ1) is 22.2. The number of nitrogens with zero attached hydrogens (tertiary/aromatic N) is 3. The normalized spacial score (nSPS) is 16.3. The van der Waals surface area contributed by atoms with Crippen molar-refractivity contribution in [2.24, 2.45) is 10.9 Å². The molecule has 142 valence electrons. The molecule has 0 saturated carbocycles. The molecule has 1 saturated heterocycles. The van der Waals surface area contributed by atoms with E-state index in [1.54, 1.807) is 0 Å². The molecule has 1 aromatic rings. The molecule has 0 radical (unpaired) electrons. The number of hydrogen-bond acceptors (Lipinski definition) is 3. The van der Waals surface area contributed by atoms with Crippen molar-refractivity contribution in [1.82, 2.24) is 20.5 Å². The van der Waals surface area contributed by atoms with Crippen molar-refractivity contribution in [2.75, 3.05) is 32.7 Å². The molecule has 0 spiro atoms. The summed E-state index contributed by atoms with van der Waals surface area (Å²) in [7, 11) is 0. The van der Waals surface area contributed by atoms with Crippen molar-refractivity contribution in [3.8, 4) is 0 Å². The zero-order valence-corrected chi connectivity index (χ0v) is 18.0. The summed E-state index contributed by atoms with van der Waals surface area (Å²) in [5, 5.41) is 6.73. The lowest BCUT2D eigenvalue weighted by molar-refractivity contribution is 0.189. The number of nitrogens with one attached hydrogen (secondary N) is 2. The van der Waals surface area contributed by atoms with Gasteiger partial charge in [0.2, 0.25) is 0 Å². The summed E-state index contributed by atoms with van der Waals surface area (Å²) >= 11 is 0. The van der Waals surface area contributed by atoms with Crippen LogP contribution >= 0.6 is 24.0 Å². The second kappa shape index (κ2) is 13.3. The number of piperidine rings is 1. The summed E-state index contributed by atoms with van der Waals surface area (Å²) in [4.78, 5) is 11.5. The molecule has 2 rings (SSSR count). The van der Waals surface area contributed by atoms with E-state index in [4.69, 9.17) is 0 Å². The fraction of sp³-hybridized carbons (Fsp3) is 0.684. The monoisotopic (exact) mass is 459 g/mol. The minimum absolute atomic E-state index is 0. The zero-order valence-electron chi connectivity index (χ0n) is 15.7. The molecule has 0 unspecified atom stereocenters. The first-order valence-electron chi connectivity index (χ1n) is 9.42. The Balaban J connectivity index is 0.00000312. The Hall–Kier alpha value is -0.890. The van der Waals surface area contributed by atoms with Gasteiger partial charge in [-0.05, 0) is 70.3 Å². The number of unbranched alkanes of at least 4 members (excludes halogenated alkanes) is 1. The fourth-order valence-corrected chi connectivity index (χ4v) is 2.95. The lowest BCUT2D eigenvalue weighted by atomic mass is 9.99. The fourth-order valence-electron chi connectivity index (χ4n) is 2.95. The van der Waals surface area contributed by atoms with Crippen LogP contribution in [0.2, 0.25) is 0 Å². The van der Waals surface area contributed by atoms with Gasteiger partial charge in [-0.2, -0.15) is 0 Å². The summed E-state index contributed by atoms with van der Waals surface area (Å²) < 4.78 is 0. The maximum atomic E-state index is 4.60. The molecule has 0 aromatic carbocycles.